The van der Waals surface area contributed by atoms with Crippen molar-refractivity contribution >= 4 is 34.7 Å². The number of aliphatic hydroxyl groups excluding tert-OH is 1. The van der Waals surface area contributed by atoms with E-state index in [1.165, 1.54) is 22.0 Å². The van der Waals surface area contributed by atoms with Gasteiger partial charge in [-0.15, -0.1) is 11.3 Å². The molecule has 4 heterocycles. The van der Waals surface area contributed by atoms with Gasteiger partial charge in [0.25, 0.3) is 5.56 Å². The van der Waals surface area contributed by atoms with Crippen LogP contribution in [-0.2, 0) is 17.8 Å². The molecule has 30 heavy (non-hydrogen) atoms. The van der Waals surface area contributed by atoms with Crippen LogP contribution >= 0.6 is 22.9 Å². The fourth-order valence-corrected chi connectivity index (χ4v) is 4.93. The molecule has 0 bridgehead atoms. The number of ether oxygens (including phenoxy) is 1. The molecule has 2 unspecified atom stereocenters. The first kappa shape index (κ1) is 21.4. The Morgan fingerprint density at radius 2 is 2.13 bits per heavy atom. The largest absolute Gasteiger partial charge is 0.408 e. The van der Waals surface area contributed by atoms with Crippen molar-refractivity contribution in [3.63, 3.8) is 0 Å². The Hall–Kier alpha value is -1.82. The number of hydrogen-bond acceptors (Lipinski definition) is 7. The van der Waals surface area contributed by atoms with Gasteiger partial charge in [-0.05, 0) is 18.6 Å². The van der Waals surface area contributed by atoms with E-state index in [2.05, 4.69) is 4.98 Å². The van der Waals surface area contributed by atoms with Crippen molar-refractivity contribution in [2.24, 2.45) is 0 Å². The van der Waals surface area contributed by atoms with Crippen molar-refractivity contribution in [3.05, 3.63) is 37.8 Å². The molecule has 0 aromatic carbocycles. The maximum Gasteiger partial charge on any atom is 0.408 e. The Morgan fingerprint density at radius 3 is 2.80 bits per heavy atom. The lowest BCUT2D eigenvalue weighted by Crippen LogP contribution is -2.53. The molecule has 0 amide bonds. The van der Waals surface area contributed by atoms with E-state index in [4.69, 9.17) is 16.3 Å². The highest BCUT2D eigenvalue weighted by Crippen LogP contribution is 2.36. The molecule has 2 aliphatic heterocycles. The first-order chi connectivity index (χ1) is 14.3. The molecular weight excluding hydrogens is 445 g/mol. The number of halogens is 4. The van der Waals surface area contributed by atoms with Crippen LogP contribution in [0.15, 0.2) is 23.0 Å². The van der Waals surface area contributed by atoms with Crippen molar-refractivity contribution in [1.82, 2.24) is 9.55 Å². The second-order valence-corrected chi connectivity index (χ2v) is 8.99. The summed E-state index contributed by atoms with van der Waals surface area (Å²) in [4.78, 5) is 20.7. The van der Waals surface area contributed by atoms with Crippen LogP contribution in [0.3, 0.4) is 0 Å². The molecule has 2 atom stereocenters. The minimum absolute atomic E-state index is 0.0289. The summed E-state index contributed by atoms with van der Waals surface area (Å²) in [6.45, 7) is 0.648. The minimum atomic E-state index is -4.48. The molecule has 1 fully saturated rings. The Morgan fingerprint density at radius 1 is 1.33 bits per heavy atom. The third kappa shape index (κ3) is 4.16. The monoisotopic (exact) mass is 464 g/mol. The maximum atomic E-state index is 13.8. The molecule has 164 valence electrons. The smallest absolute Gasteiger partial charge is 0.394 e. The molecule has 1 N–H and O–H groups in total. The van der Waals surface area contributed by atoms with Crippen molar-refractivity contribution in [2.45, 2.75) is 37.8 Å². The molecule has 2 aromatic heterocycles. The molecule has 0 saturated carbocycles. The summed E-state index contributed by atoms with van der Waals surface area (Å²) < 4.78 is 48.6. The maximum absolute atomic E-state index is 13.8. The van der Waals surface area contributed by atoms with E-state index >= 15 is 0 Å². The van der Waals surface area contributed by atoms with E-state index in [1.807, 2.05) is 0 Å². The van der Waals surface area contributed by atoms with E-state index in [9.17, 15) is 23.1 Å². The van der Waals surface area contributed by atoms with Gasteiger partial charge in [-0.1, -0.05) is 11.6 Å². The molecule has 4 rings (SSSR count). The number of aliphatic hydroxyl groups is 1. The summed E-state index contributed by atoms with van der Waals surface area (Å²) in [6.07, 6.45) is -4.72. The second-order valence-electron chi connectivity index (χ2n) is 7.19. The van der Waals surface area contributed by atoms with E-state index in [0.29, 0.717) is 22.4 Å². The van der Waals surface area contributed by atoms with Gasteiger partial charge >= 0.3 is 6.18 Å². The second kappa shape index (κ2) is 8.37. The Labute approximate surface area is 179 Å². The number of aromatic nitrogens is 2. The number of nitrogens with zero attached hydrogens (tertiary/aromatic N) is 4. The highest BCUT2D eigenvalue weighted by Gasteiger charge is 2.47. The van der Waals surface area contributed by atoms with E-state index in [1.54, 1.807) is 17.0 Å². The van der Waals surface area contributed by atoms with Gasteiger partial charge in [-0.2, -0.15) is 18.2 Å². The van der Waals surface area contributed by atoms with Gasteiger partial charge in [0.05, 0.1) is 36.7 Å². The number of thiophene rings is 1. The first-order valence-electron chi connectivity index (χ1n) is 9.42. The summed E-state index contributed by atoms with van der Waals surface area (Å²) in [5, 5.41) is 9.63. The molecule has 1 saturated heterocycles. The van der Waals surface area contributed by atoms with E-state index < -0.39 is 23.8 Å². The average Bonchev–Trinajstić information content (AvgIpc) is 3.12. The zero-order valence-corrected chi connectivity index (χ0v) is 17.4. The zero-order valence-electron chi connectivity index (χ0n) is 15.8. The lowest BCUT2D eigenvalue weighted by molar-refractivity contribution is -0.153. The predicted molar refractivity (Wildman–Crippen MR) is 108 cm³/mol. The van der Waals surface area contributed by atoms with Crippen LogP contribution in [0.5, 0.6) is 0 Å². The van der Waals surface area contributed by atoms with E-state index in [-0.39, 0.29) is 44.5 Å². The van der Waals surface area contributed by atoms with Crippen LogP contribution in [-0.4, -0.2) is 59.3 Å². The number of alkyl halides is 3. The van der Waals surface area contributed by atoms with Gasteiger partial charge in [-0.3, -0.25) is 9.36 Å². The van der Waals surface area contributed by atoms with Crippen LogP contribution in [0.1, 0.15) is 11.3 Å². The fourth-order valence-electron chi connectivity index (χ4n) is 3.84. The topological polar surface area (TPSA) is 70.8 Å². The van der Waals surface area contributed by atoms with Crippen LogP contribution < -0.4 is 15.4 Å². The van der Waals surface area contributed by atoms with Gasteiger partial charge in [-0.25, -0.2) is 0 Å². The number of hydrogen-bond donors (Lipinski definition) is 1. The molecule has 0 radical (unpaired) electrons. The van der Waals surface area contributed by atoms with Crippen molar-refractivity contribution in [2.75, 3.05) is 36.2 Å². The molecule has 0 spiro atoms. The van der Waals surface area contributed by atoms with Gasteiger partial charge < -0.3 is 19.6 Å². The standard InChI is InChI=1S/C18H20ClF3N4O3S/c19-14-2-1-12(30-14)8-26-13(18(20,21)22)3-4-25-16(28)7-15(23-17(25)26)24-5-6-29-10-11(24)9-27/h1-2,7,11,13,27H,3-6,8-10H2. The Kier molecular flexibility index (Phi) is 5.97. The van der Waals surface area contributed by atoms with E-state index in [0.717, 1.165) is 4.90 Å². The highest BCUT2D eigenvalue weighted by molar-refractivity contribution is 7.16. The first-order valence-corrected chi connectivity index (χ1v) is 10.6. The van der Waals surface area contributed by atoms with Gasteiger partial charge in [0.2, 0.25) is 5.95 Å². The quantitative estimate of drug-likeness (QED) is 0.749. The van der Waals surface area contributed by atoms with Gasteiger partial charge in [0.1, 0.15) is 11.9 Å². The summed E-state index contributed by atoms with van der Waals surface area (Å²) in [5.74, 6) is 0.212. The van der Waals surface area contributed by atoms with Crippen LogP contribution in [0.4, 0.5) is 24.9 Å². The third-order valence-electron chi connectivity index (χ3n) is 5.30. The molecule has 0 aliphatic carbocycles. The highest BCUT2D eigenvalue weighted by atomic mass is 35.5. The number of anilines is 2. The van der Waals surface area contributed by atoms with Crippen molar-refractivity contribution in [1.29, 1.82) is 0 Å². The van der Waals surface area contributed by atoms with Crippen LogP contribution in [0.25, 0.3) is 0 Å². The van der Waals surface area contributed by atoms with Crippen LogP contribution in [0, 0.1) is 0 Å². The summed E-state index contributed by atoms with van der Waals surface area (Å²) >= 11 is 7.14. The molecule has 2 aliphatic rings. The molecule has 7 nitrogen and oxygen atoms in total. The lowest BCUT2D eigenvalue weighted by atomic mass is 10.1. The molecular formula is C18H20ClF3N4O3S. The van der Waals surface area contributed by atoms with Crippen molar-refractivity contribution < 1.29 is 23.0 Å². The minimum Gasteiger partial charge on any atom is -0.394 e. The van der Waals surface area contributed by atoms with Crippen LogP contribution in [0.2, 0.25) is 4.34 Å². The Bertz CT molecular complexity index is 967. The van der Waals surface area contributed by atoms with Gasteiger partial charge in [0, 0.05) is 24.0 Å². The summed E-state index contributed by atoms with van der Waals surface area (Å²) in [6, 6.07) is 2.43. The average molecular weight is 465 g/mol. The van der Waals surface area contributed by atoms with Crippen molar-refractivity contribution in [3.8, 4) is 0 Å². The summed E-state index contributed by atoms with van der Waals surface area (Å²) in [5.41, 5.74) is -0.423. The number of morpholine rings is 1. The Balaban J connectivity index is 1.78. The predicted octanol–water partition coefficient (Wildman–Crippen LogP) is 2.50. The molecule has 2 aromatic rings. The molecule has 12 heteroatoms. The summed E-state index contributed by atoms with van der Waals surface area (Å²) in [7, 11) is 0. The third-order valence-corrected chi connectivity index (χ3v) is 6.52. The number of rotatable bonds is 4. The fraction of sp³-hybridized carbons (Fsp3) is 0.556. The SMILES string of the molecule is O=c1cc(N2CCOCC2CO)nc2n1CCC(C(F)(F)F)N2Cc1ccc(Cl)s1. The van der Waals surface area contributed by atoms with Gasteiger partial charge in [0.15, 0.2) is 0 Å². The normalized spacial score (nSPS) is 22.3. The zero-order chi connectivity index (χ0) is 21.5. The number of fused-ring (bicyclic) bond motifs is 1. The lowest BCUT2D eigenvalue weighted by Gasteiger charge is -2.40.